The van der Waals surface area contributed by atoms with Crippen LogP contribution in [0.4, 0.5) is 0 Å². The van der Waals surface area contributed by atoms with E-state index in [0.717, 1.165) is 32.7 Å². The van der Waals surface area contributed by atoms with Crippen LogP contribution in [-0.4, -0.2) is 117 Å². The van der Waals surface area contributed by atoms with Gasteiger partial charge in [0.25, 0.3) is 10.2 Å². The zero-order chi connectivity index (χ0) is 17.9. The molecule has 2 rings (SSSR count). The molecule has 0 spiro atoms. The minimum Gasteiger partial charge on any atom is -0.339 e. The Morgan fingerprint density at radius 2 is 1.54 bits per heavy atom. The summed E-state index contributed by atoms with van der Waals surface area (Å²) in [5.74, 6) is 0.162. The molecule has 0 aliphatic carbocycles. The third-order valence-corrected chi connectivity index (χ3v) is 7.04. The van der Waals surface area contributed by atoms with Gasteiger partial charge in [-0.1, -0.05) is 6.92 Å². The van der Waals surface area contributed by atoms with Crippen LogP contribution < -0.4 is 0 Å². The lowest BCUT2D eigenvalue weighted by Crippen LogP contribution is -2.58. The number of likely N-dealkylation sites (N-methyl/N-ethyl adjacent to an activating group) is 1. The Hall–Kier alpha value is -0.740. The predicted molar refractivity (Wildman–Crippen MR) is 93.9 cm³/mol. The molecule has 2 saturated heterocycles. The van der Waals surface area contributed by atoms with Gasteiger partial charge >= 0.3 is 0 Å². The highest BCUT2D eigenvalue weighted by molar-refractivity contribution is 7.86. The maximum Gasteiger partial charge on any atom is 0.281 e. The summed E-state index contributed by atoms with van der Waals surface area (Å²) in [6.45, 7) is 10.6. The fourth-order valence-electron chi connectivity index (χ4n) is 3.26. The van der Waals surface area contributed by atoms with E-state index in [0.29, 0.717) is 26.2 Å². The molecular formula is C15H31N5O3S. The minimum atomic E-state index is -3.36. The van der Waals surface area contributed by atoms with Crippen LogP contribution in [0.1, 0.15) is 13.8 Å². The van der Waals surface area contributed by atoms with Crippen molar-refractivity contribution >= 4 is 16.1 Å². The molecule has 2 aliphatic heterocycles. The molecule has 0 aromatic rings. The summed E-state index contributed by atoms with van der Waals surface area (Å²) < 4.78 is 27.0. The van der Waals surface area contributed by atoms with Gasteiger partial charge in [-0.15, -0.1) is 0 Å². The first-order chi connectivity index (χ1) is 11.3. The van der Waals surface area contributed by atoms with E-state index < -0.39 is 10.2 Å². The van der Waals surface area contributed by atoms with Gasteiger partial charge in [-0.3, -0.25) is 9.69 Å². The van der Waals surface area contributed by atoms with E-state index in [1.807, 2.05) is 11.8 Å². The third kappa shape index (κ3) is 4.26. The molecule has 9 heteroatoms. The van der Waals surface area contributed by atoms with Gasteiger partial charge in [-0.05, 0) is 13.5 Å². The molecule has 0 unspecified atom stereocenters. The lowest BCUT2D eigenvalue weighted by molar-refractivity contribution is -0.138. The van der Waals surface area contributed by atoms with Crippen molar-refractivity contribution in [3.63, 3.8) is 0 Å². The van der Waals surface area contributed by atoms with Crippen LogP contribution in [0.15, 0.2) is 0 Å². The number of carbonyl (C=O) groups is 1. The van der Waals surface area contributed by atoms with Crippen LogP contribution >= 0.6 is 0 Å². The molecule has 0 aromatic heterocycles. The molecule has 2 heterocycles. The molecule has 1 atom stereocenters. The van der Waals surface area contributed by atoms with Crippen molar-refractivity contribution in [2.24, 2.45) is 0 Å². The summed E-state index contributed by atoms with van der Waals surface area (Å²) in [4.78, 5) is 19.1. The second-order valence-electron chi connectivity index (χ2n) is 6.66. The van der Waals surface area contributed by atoms with Gasteiger partial charge in [0.1, 0.15) is 0 Å². The molecule has 0 saturated carbocycles. The van der Waals surface area contributed by atoms with E-state index in [4.69, 9.17) is 0 Å². The molecule has 2 aliphatic rings. The molecule has 0 N–H and O–H groups in total. The van der Waals surface area contributed by atoms with Crippen LogP contribution in [0.3, 0.4) is 0 Å². The normalized spacial score (nSPS) is 23.6. The number of nitrogens with zero attached hydrogens (tertiary/aromatic N) is 5. The molecule has 8 nitrogen and oxygen atoms in total. The van der Waals surface area contributed by atoms with Gasteiger partial charge in [-0.2, -0.15) is 17.0 Å². The van der Waals surface area contributed by atoms with Crippen molar-refractivity contribution in [3.8, 4) is 0 Å². The second-order valence-corrected chi connectivity index (χ2v) is 8.80. The largest absolute Gasteiger partial charge is 0.339 e. The first-order valence-electron chi connectivity index (χ1n) is 8.70. The van der Waals surface area contributed by atoms with Crippen LogP contribution in [0.5, 0.6) is 0 Å². The van der Waals surface area contributed by atoms with Crippen molar-refractivity contribution in [1.29, 1.82) is 0 Å². The summed E-state index contributed by atoms with van der Waals surface area (Å²) in [5.41, 5.74) is 0. The van der Waals surface area contributed by atoms with E-state index in [9.17, 15) is 13.2 Å². The molecule has 2 fully saturated rings. The van der Waals surface area contributed by atoms with E-state index >= 15 is 0 Å². The fourth-order valence-corrected chi connectivity index (χ4v) is 4.34. The standard InChI is InChI=1S/C15H31N5O3S/c1-5-17-6-8-19(9-7-17)15(21)14(2)18-10-12-20(13-11-18)24(22,23)16(3)4/h14H,5-13H2,1-4H3/t14-/m1/s1. The molecule has 0 bridgehead atoms. The molecule has 0 aromatic carbocycles. The van der Waals surface area contributed by atoms with E-state index in [-0.39, 0.29) is 11.9 Å². The first kappa shape index (κ1) is 19.6. The maximum absolute atomic E-state index is 12.7. The highest BCUT2D eigenvalue weighted by Crippen LogP contribution is 2.14. The highest BCUT2D eigenvalue weighted by atomic mass is 32.2. The maximum atomic E-state index is 12.7. The van der Waals surface area contributed by atoms with E-state index in [1.54, 1.807) is 14.1 Å². The summed E-state index contributed by atoms with van der Waals surface area (Å²) in [5, 5.41) is 0. The highest BCUT2D eigenvalue weighted by Gasteiger charge is 2.33. The summed E-state index contributed by atoms with van der Waals surface area (Å²) in [6, 6.07) is -0.192. The Bertz CT molecular complexity index is 523. The number of amides is 1. The van der Waals surface area contributed by atoms with Crippen molar-refractivity contribution in [2.75, 3.05) is 73.0 Å². The molecule has 140 valence electrons. The summed E-state index contributed by atoms with van der Waals surface area (Å²) in [6.07, 6.45) is 0. The van der Waals surface area contributed by atoms with Gasteiger partial charge in [0.2, 0.25) is 5.91 Å². The van der Waals surface area contributed by atoms with Gasteiger partial charge < -0.3 is 9.80 Å². The van der Waals surface area contributed by atoms with Crippen molar-refractivity contribution in [3.05, 3.63) is 0 Å². The molecule has 24 heavy (non-hydrogen) atoms. The smallest absolute Gasteiger partial charge is 0.281 e. The summed E-state index contributed by atoms with van der Waals surface area (Å²) >= 11 is 0. The Morgan fingerprint density at radius 1 is 1.00 bits per heavy atom. The van der Waals surface area contributed by atoms with E-state index in [1.165, 1.54) is 8.61 Å². The number of piperazine rings is 2. The van der Waals surface area contributed by atoms with Crippen LogP contribution in [-0.2, 0) is 15.0 Å². The molecule has 1 amide bonds. The number of hydrogen-bond acceptors (Lipinski definition) is 5. The lowest BCUT2D eigenvalue weighted by atomic mass is 10.2. The Balaban J connectivity index is 1.86. The van der Waals surface area contributed by atoms with Crippen molar-refractivity contribution < 1.29 is 13.2 Å². The first-order valence-corrected chi connectivity index (χ1v) is 10.1. The average Bonchev–Trinajstić information content (AvgIpc) is 2.60. The molecular weight excluding hydrogens is 330 g/mol. The minimum absolute atomic E-state index is 0.162. The number of carbonyl (C=O) groups excluding carboxylic acids is 1. The van der Waals surface area contributed by atoms with Gasteiger partial charge in [0.05, 0.1) is 6.04 Å². The summed E-state index contributed by atoms with van der Waals surface area (Å²) in [7, 11) is -0.269. The van der Waals surface area contributed by atoms with Crippen LogP contribution in [0.2, 0.25) is 0 Å². The second kappa shape index (κ2) is 8.09. The zero-order valence-electron chi connectivity index (χ0n) is 15.3. The van der Waals surface area contributed by atoms with Gasteiger partial charge in [0, 0.05) is 66.5 Å². The van der Waals surface area contributed by atoms with Crippen molar-refractivity contribution in [2.45, 2.75) is 19.9 Å². The monoisotopic (exact) mass is 361 g/mol. The Morgan fingerprint density at radius 3 is 2.00 bits per heavy atom. The van der Waals surface area contributed by atoms with Crippen LogP contribution in [0.25, 0.3) is 0 Å². The van der Waals surface area contributed by atoms with Crippen LogP contribution in [0, 0.1) is 0 Å². The van der Waals surface area contributed by atoms with Crippen molar-refractivity contribution in [1.82, 2.24) is 23.3 Å². The fraction of sp³-hybridized carbons (Fsp3) is 0.933. The van der Waals surface area contributed by atoms with Gasteiger partial charge in [-0.25, -0.2) is 0 Å². The zero-order valence-corrected chi connectivity index (χ0v) is 16.1. The number of rotatable bonds is 5. The Kier molecular flexibility index (Phi) is 6.60. The third-order valence-electron chi connectivity index (χ3n) is 5.10. The van der Waals surface area contributed by atoms with Gasteiger partial charge in [0.15, 0.2) is 0 Å². The lowest BCUT2D eigenvalue weighted by Gasteiger charge is -2.40. The van der Waals surface area contributed by atoms with E-state index in [2.05, 4.69) is 16.7 Å². The molecule has 0 radical (unpaired) electrons. The average molecular weight is 362 g/mol. The topological polar surface area (TPSA) is 67.4 Å². The predicted octanol–water partition coefficient (Wildman–Crippen LogP) is -1.04. The number of hydrogen-bond donors (Lipinski definition) is 0. The quantitative estimate of drug-likeness (QED) is 0.626. The SMILES string of the molecule is CCN1CCN(C(=O)[C@@H](C)N2CCN(S(=O)(=O)N(C)C)CC2)CC1. The Labute approximate surface area is 146 Å².